The number of rotatable bonds is 8. The maximum atomic E-state index is 12.1. The SMILES string of the molecule is COCCn1c(SCC(=O)NC(C)(C)C)nnc1-c1cn(C)nc1OC. The number of thioether (sulfide) groups is 1. The van der Waals surface area contributed by atoms with E-state index in [0.29, 0.717) is 30.0 Å². The third kappa shape index (κ3) is 5.21. The molecule has 0 spiro atoms. The van der Waals surface area contributed by atoms with Crippen LogP contribution >= 0.6 is 11.8 Å². The highest BCUT2D eigenvalue weighted by Crippen LogP contribution is 2.29. The molecule has 2 aromatic heterocycles. The zero-order chi connectivity index (χ0) is 19.3. The number of hydrogen-bond donors (Lipinski definition) is 1. The van der Waals surface area contributed by atoms with Gasteiger partial charge in [0.2, 0.25) is 11.8 Å². The second-order valence-electron chi connectivity index (χ2n) is 6.76. The number of aromatic nitrogens is 5. The number of nitrogens with one attached hydrogen (secondary N) is 1. The Kier molecular flexibility index (Phi) is 6.65. The molecule has 1 amide bonds. The lowest BCUT2D eigenvalue weighted by molar-refractivity contribution is -0.119. The third-order valence-electron chi connectivity index (χ3n) is 3.31. The van der Waals surface area contributed by atoms with Crippen molar-refractivity contribution in [3.05, 3.63) is 6.20 Å². The van der Waals surface area contributed by atoms with E-state index >= 15 is 0 Å². The topological polar surface area (TPSA) is 96.1 Å². The predicted molar refractivity (Wildman–Crippen MR) is 99.3 cm³/mol. The Balaban J connectivity index is 2.24. The van der Waals surface area contributed by atoms with Gasteiger partial charge >= 0.3 is 0 Å². The van der Waals surface area contributed by atoms with Crippen LogP contribution in [0.2, 0.25) is 0 Å². The van der Waals surface area contributed by atoms with Gasteiger partial charge in [0.25, 0.3) is 0 Å². The highest BCUT2D eigenvalue weighted by Gasteiger charge is 2.21. The number of nitrogens with zero attached hydrogens (tertiary/aromatic N) is 5. The fourth-order valence-corrected chi connectivity index (χ4v) is 3.10. The van der Waals surface area contributed by atoms with Gasteiger partial charge in [-0.05, 0) is 20.8 Å². The lowest BCUT2D eigenvalue weighted by Gasteiger charge is -2.20. The molecule has 0 fully saturated rings. The minimum absolute atomic E-state index is 0.0516. The van der Waals surface area contributed by atoms with Crippen LogP contribution < -0.4 is 10.1 Å². The second kappa shape index (κ2) is 8.54. The molecule has 0 bridgehead atoms. The van der Waals surface area contributed by atoms with Crippen molar-refractivity contribution >= 4 is 17.7 Å². The predicted octanol–water partition coefficient (Wildman–Crippen LogP) is 1.34. The summed E-state index contributed by atoms with van der Waals surface area (Å²) in [6.07, 6.45) is 1.83. The molecule has 0 unspecified atom stereocenters. The minimum atomic E-state index is -0.268. The van der Waals surface area contributed by atoms with Crippen molar-refractivity contribution in [2.45, 2.75) is 38.0 Å². The number of carbonyl (C=O) groups excluding carboxylic acids is 1. The van der Waals surface area contributed by atoms with E-state index in [-0.39, 0.29) is 17.2 Å². The van der Waals surface area contributed by atoms with Crippen LogP contribution in [-0.2, 0) is 23.1 Å². The molecule has 0 saturated carbocycles. The Hall–Kier alpha value is -2.07. The lowest BCUT2D eigenvalue weighted by atomic mass is 10.1. The van der Waals surface area contributed by atoms with Crippen LogP contribution in [0, 0.1) is 0 Å². The van der Waals surface area contributed by atoms with Crippen molar-refractivity contribution in [1.82, 2.24) is 29.9 Å². The summed E-state index contributed by atoms with van der Waals surface area (Å²) in [6.45, 7) is 6.89. The zero-order valence-corrected chi connectivity index (χ0v) is 16.9. The Labute approximate surface area is 157 Å². The first-order chi connectivity index (χ1) is 12.2. The molecule has 0 aliphatic heterocycles. The smallest absolute Gasteiger partial charge is 0.243 e. The third-order valence-corrected chi connectivity index (χ3v) is 4.28. The fourth-order valence-electron chi connectivity index (χ4n) is 2.34. The molecule has 144 valence electrons. The molecule has 0 aliphatic rings. The van der Waals surface area contributed by atoms with Crippen LogP contribution in [0.15, 0.2) is 11.4 Å². The van der Waals surface area contributed by atoms with Crippen molar-refractivity contribution in [2.75, 3.05) is 26.6 Å². The van der Waals surface area contributed by atoms with Gasteiger partial charge in [-0.15, -0.1) is 15.3 Å². The molecule has 0 aromatic carbocycles. The Bertz CT molecular complexity index is 750. The van der Waals surface area contributed by atoms with Gasteiger partial charge in [0.1, 0.15) is 5.56 Å². The number of methoxy groups -OCH3 is 2. The standard InChI is InChI=1S/C16H26N6O3S/c1-16(2,3)17-12(23)10-26-15-19-18-13(22(15)7-8-24-5)11-9-21(4)20-14(11)25-6/h9H,7-8,10H2,1-6H3,(H,17,23). The fraction of sp³-hybridized carbons (Fsp3) is 0.625. The van der Waals surface area contributed by atoms with Gasteiger partial charge in [-0.2, -0.15) is 0 Å². The molecule has 9 nitrogen and oxygen atoms in total. The summed E-state index contributed by atoms with van der Waals surface area (Å²) >= 11 is 1.34. The monoisotopic (exact) mass is 382 g/mol. The Morgan fingerprint density at radius 1 is 1.31 bits per heavy atom. The Morgan fingerprint density at radius 3 is 2.65 bits per heavy atom. The summed E-state index contributed by atoms with van der Waals surface area (Å²) < 4.78 is 14.1. The maximum absolute atomic E-state index is 12.1. The molecule has 0 saturated heterocycles. The Morgan fingerprint density at radius 2 is 2.04 bits per heavy atom. The summed E-state index contributed by atoms with van der Waals surface area (Å²) in [4.78, 5) is 12.1. The van der Waals surface area contributed by atoms with Crippen LogP contribution in [0.25, 0.3) is 11.4 Å². The molecule has 2 rings (SSSR count). The molecule has 2 aromatic rings. The molecular formula is C16H26N6O3S. The van der Waals surface area contributed by atoms with Crippen molar-refractivity contribution in [1.29, 1.82) is 0 Å². The highest BCUT2D eigenvalue weighted by molar-refractivity contribution is 7.99. The van der Waals surface area contributed by atoms with Crippen LogP contribution in [0.1, 0.15) is 20.8 Å². The van der Waals surface area contributed by atoms with E-state index in [1.54, 1.807) is 18.9 Å². The van der Waals surface area contributed by atoms with Gasteiger partial charge in [0.15, 0.2) is 11.0 Å². The second-order valence-corrected chi connectivity index (χ2v) is 7.71. The molecule has 1 N–H and O–H groups in total. The molecular weight excluding hydrogens is 356 g/mol. The summed E-state index contributed by atoms with van der Waals surface area (Å²) in [5.74, 6) is 1.31. The van der Waals surface area contributed by atoms with Crippen molar-refractivity contribution < 1.29 is 14.3 Å². The average Bonchev–Trinajstić information content (AvgIpc) is 3.11. The summed E-state index contributed by atoms with van der Waals surface area (Å²) in [7, 11) is 5.01. The number of carbonyl (C=O) groups is 1. The summed E-state index contributed by atoms with van der Waals surface area (Å²) in [5, 5.41) is 16.4. The quantitative estimate of drug-likeness (QED) is 0.688. The highest BCUT2D eigenvalue weighted by atomic mass is 32.2. The van der Waals surface area contributed by atoms with E-state index in [4.69, 9.17) is 9.47 Å². The van der Waals surface area contributed by atoms with Crippen LogP contribution in [0.5, 0.6) is 5.88 Å². The largest absolute Gasteiger partial charge is 0.479 e. The molecule has 10 heteroatoms. The van der Waals surface area contributed by atoms with Crippen molar-refractivity contribution in [2.24, 2.45) is 7.05 Å². The van der Waals surface area contributed by atoms with Gasteiger partial charge < -0.3 is 14.8 Å². The lowest BCUT2D eigenvalue weighted by Crippen LogP contribution is -2.41. The average molecular weight is 382 g/mol. The van der Waals surface area contributed by atoms with Crippen LogP contribution in [0.4, 0.5) is 0 Å². The van der Waals surface area contributed by atoms with Gasteiger partial charge in [-0.3, -0.25) is 14.0 Å². The molecule has 26 heavy (non-hydrogen) atoms. The summed E-state index contributed by atoms with van der Waals surface area (Å²) in [6, 6.07) is 0. The van der Waals surface area contributed by atoms with Crippen LogP contribution in [0.3, 0.4) is 0 Å². The molecule has 0 radical (unpaired) electrons. The molecule has 0 aliphatic carbocycles. The van der Waals surface area contributed by atoms with Gasteiger partial charge in [0.05, 0.1) is 26.0 Å². The van der Waals surface area contributed by atoms with Gasteiger partial charge in [0, 0.05) is 25.9 Å². The van der Waals surface area contributed by atoms with E-state index in [0.717, 1.165) is 5.56 Å². The number of ether oxygens (including phenoxy) is 2. The van der Waals surface area contributed by atoms with E-state index < -0.39 is 0 Å². The minimum Gasteiger partial charge on any atom is -0.479 e. The van der Waals surface area contributed by atoms with E-state index in [1.165, 1.54) is 11.8 Å². The molecule has 2 heterocycles. The normalized spacial score (nSPS) is 11.6. The van der Waals surface area contributed by atoms with E-state index in [1.807, 2.05) is 38.6 Å². The first-order valence-corrected chi connectivity index (χ1v) is 9.17. The number of amides is 1. The van der Waals surface area contributed by atoms with Gasteiger partial charge in [-0.1, -0.05) is 11.8 Å². The maximum Gasteiger partial charge on any atom is 0.243 e. The first-order valence-electron chi connectivity index (χ1n) is 8.19. The number of hydrogen-bond acceptors (Lipinski definition) is 7. The van der Waals surface area contributed by atoms with Gasteiger partial charge in [-0.25, -0.2) is 0 Å². The number of aryl methyl sites for hydroxylation is 1. The zero-order valence-electron chi connectivity index (χ0n) is 16.1. The van der Waals surface area contributed by atoms with Crippen molar-refractivity contribution in [3.8, 4) is 17.3 Å². The summed E-state index contributed by atoms with van der Waals surface area (Å²) in [5.41, 5.74) is 0.472. The van der Waals surface area contributed by atoms with E-state index in [2.05, 4.69) is 20.6 Å². The van der Waals surface area contributed by atoms with E-state index in [9.17, 15) is 4.79 Å². The first kappa shape index (κ1) is 20.2. The van der Waals surface area contributed by atoms with Crippen LogP contribution in [-0.4, -0.2) is 62.6 Å². The van der Waals surface area contributed by atoms with Crippen molar-refractivity contribution in [3.63, 3.8) is 0 Å². The molecule has 0 atom stereocenters.